The number of carbonyl (C=O) groups is 1. The molecule has 0 saturated carbocycles. The first kappa shape index (κ1) is 15.3. The fraction of sp³-hybridized carbons (Fsp3) is 0.182. The molecule has 1 amide bonds. The number of rotatable bonds is 4. The lowest BCUT2D eigenvalue weighted by molar-refractivity contribution is 0.102. The number of sulfone groups is 1. The topological polar surface area (TPSA) is 114 Å². The monoisotopic (exact) mass is 330 g/mol. The zero-order chi connectivity index (χ0) is 15.6. The van der Waals surface area contributed by atoms with Crippen molar-refractivity contribution >= 4 is 33.3 Å². The number of methoxy groups -OCH3 is 1. The maximum atomic E-state index is 12.0. The van der Waals surface area contributed by atoms with E-state index in [1.165, 1.54) is 25.3 Å². The van der Waals surface area contributed by atoms with Crippen LogP contribution in [0, 0.1) is 0 Å². The van der Waals surface area contributed by atoms with Crippen LogP contribution < -0.4 is 10.1 Å². The zero-order valence-electron chi connectivity index (χ0n) is 11.0. The summed E-state index contributed by atoms with van der Waals surface area (Å²) in [6.45, 7) is 0. The molecule has 21 heavy (non-hydrogen) atoms. The number of hydrogen-bond acceptors (Lipinski definition) is 6. The Bertz CT molecular complexity index is 787. The minimum absolute atomic E-state index is 0.0513. The molecule has 1 aromatic carbocycles. The predicted molar refractivity (Wildman–Crippen MR) is 75.4 cm³/mol. The molecule has 0 bridgehead atoms. The van der Waals surface area contributed by atoms with Crippen LogP contribution in [0.4, 0.5) is 5.95 Å². The van der Waals surface area contributed by atoms with Crippen LogP contribution in [-0.4, -0.2) is 42.9 Å². The average molecular weight is 331 g/mol. The molecule has 0 atom stereocenters. The quantitative estimate of drug-likeness (QED) is 0.868. The molecule has 8 nitrogen and oxygen atoms in total. The number of nitrogens with zero attached hydrogens (tertiary/aromatic N) is 2. The molecule has 1 aromatic heterocycles. The van der Waals surface area contributed by atoms with Crippen molar-refractivity contribution < 1.29 is 17.9 Å². The summed E-state index contributed by atoms with van der Waals surface area (Å²) in [7, 11) is -2.15. The van der Waals surface area contributed by atoms with Crippen molar-refractivity contribution in [3.63, 3.8) is 0 Å². The lowest BCUT2D eigenvalue weighted by Crippen LogP contribution is -2.14. The van der Waals surface area contributed by atoms with Crippen LogP contribution in [0.25, 0.3) is 0 Å². The highest BCUT2D eigenvalue weighted by molar-refractivity contribution is 7.90. The standard InChI is InChI=1S/C11H11ClN4O4S/c1-20-11-14-10(15-16-11)13-9(17)6-3-4-7(12)8(5-6)21(2,18)19/h3-5H,1-2H3,(H2,13,14,15,16,17). The van der Waals surface area contributed by atoms with E-state index in [-0.39, 0.29) is 27.4 Å². The van der Waals surface area contributed by atoms with Gasteiger partial charge in [-0.2, -0.15) is 4.98 Å². The number of aromatic amines is 1. The zero-order valence-corrected chi connectivity index (χ0v) is 12.6. The Morgan fingerprint density at radius 3 is 2.71 bits per heavy atom. The van der Waals surface area contributed by atoms with Crippen LogP contribution in [-0.2, 0) is 9.84 Å². The summed E-state index contributed by atoms with van der Waals surface area (Å²) in [6.07, 6.45) is 1.01. The maximum absolute atomic E-state index is 12.0. The van der Waals surface area contributed by atoms with Gasteiger partial charge in [-0.05, 0) is 18.2 Å². The summed E-state index contributed by atoms with van der Waals surface area (Å²) in [6, 6.07) is 4.01. The number of hydrogen-bond donors (Lipinski definition) is 2. The van der Waals surface area contributed by atoms with Crippen LogP contribution in [0.5, 0.6) is 6.01 Å². The molecule has 0 fully saturated rings. The Labute approximate surface area is 125 Å². The van der Waals surface area contributed by atoms with Crippen molar-refractivity contribution in [3.8, 4) is 6.01 Å². The fourth-order valence-electron chi connectivity index (χ4n) is 1.50. The Balaban J connectivity index is 2.27. The first-order valence-electron chi connectivity index (χ1n) is 5.58. The molecule has 0 aliphatic rings. The molecule has 2 rings (SSSR count). The second-order valence-corrected chi connectivity index (χ2v) is 6.43. The Morgan fingerprint density at radius 2 is 2.14 bits per heavy atom. The molecule has 10 heteroatoms. The van der Waals surface area contributed by atoms with Crippen LogP contribution >= 0.6 is 11.6 Å². The van der Waals surface area contributed by atoms with E-state index in [4.69, 9.17) is 16.3 Å². The summed E-state index contributed by atoms with van der Waals surface area (Å²) >= 11 is 5.81. The van der Waals surface area contributed by atoms with E-state index in [0.717, 1.165) is 6.26 Å². The van der Waals surface area contributed by atoms with Gasteiger partial charge in [0.25, 0.3) is 5.91 Å². The van der Waals surface area contributed by atoms with Gasteiger partial charge in [-0.15, -0.1) is 5.10 Å². The first-order valence-corrected chi connectivity index (χ1v) is 7.85. The van der Waals surface area contributed by atoms with Gasteiger partial charge in [0, 0.05) is 11.8 Å². The van der Waals surface area contributed by atoms with E-state index in [0.29, 0.717) is 0 Å². The van der Waals surface area contributed by atoms with Gasteiger partial charge in [0.2, 0.25) is 5.95 Å². The number of amides is 1. The third kappa shape index (κ3) is 3.50. The van der Waals surface area contributed by atoms with Crippen molar-refractivity contribution in [2.24, 2.45) is 0 Å². The molecule has 0 radical (unpaired) electrons. The van der Waals surface area contributed by atoms with E-state index in [1.54, 1.807) is 0 Å². The molecule has 0 spiro atoms. The molecule has 0 unspecified atom stereocenters. The second-order valence-electron chi connectivity index (χ2n) is 4.04. The van der Waals surface area contributed by atoms with E-state index in [1.807, 2.05) is 0 Å². The highest BCUT2D eigenvalue weighted by Crippen LogP contribution is 2.23. The van der Waals surface area contributed by atoms with E-state index in [9.17, 15) is 13.2 Å². The molecule has 2 N–H and O–H groups in total. The summed E-state index contributed by atoms with van der Waals surface area (Å²) in [5, 5.41) is 8.59. The third-order valence-electron chi connectivity index (χ3n) is 2.47. The number of benzene rings is 1. The normalized spacial score (nSPS) is 11.2. The van der Waals surface area contributed by atoms with Crippen molar-refractivity contribution in [1.29, 1.82) is 0 Å². The molecular formula is C11H11ClN4O4S. The Kier molecular flexibility index (Phi) is 4.14. The van der Waals surface area contributed by atoms with Gasteiger partial charge in [0.05, 0.1) is 17.0 Å². The molecule has 1 heterocycles. The van der Waals surface area contributed by atoms with Crippen LogP contribution in [0.3, 0.4) is 0 Å². The number of halogens is 1. The molecule has 0 saturated heterocycles. The van der Waals surface area contributed by atoms with Crippen molar-refractivity contribution in [2.75, 3.05) is 18.7 Å². The molecule has 112 valence electrons. The Hall–Kier alpha value is -2.13. The van der Waals surface area contributed by atoms with Gasteiger partial charge in [0.1, 0.15) is 0 Å². The molecule has 0 aliphatic heterocycles. The predicted octanol–water partition coefficient (Wildman–Crippen LogP) is 1.12. The molecular weight excluding hydrogens is 320 g/mol. The second kappa shape index (κ2) is 5.70. The maximum Gasteiger partial charge on any atom is 0.336 e. The van der Waals surface area contributed by atoms with Gasteiger partial charge in [0.15, 0.2) is 9.84 Å². The van der Waals surface area contributed by atoms with Crippen molar-refractivity contribution in [2.45, 2.75) is 4.90 Å². The lowest BCUT2D eigenvalue weighted by Gasteiger charge is -2.05. The van der Waals surface area contributed by atoms with Crippen molar-refractivity contribution in [1.82, 2.24) is 15.2 Å². The minimum Gasteiger partial charge on any atom is -0.466 e. The molecule has 2 aromatic rings. The number of anilines is 1. The van der Waals surface area contributed by atoms with Gasteiger partial charge < -0.3 is 4.74 Å². The average Bonchev–Trinajstić information content (AvgIpc) is 2.85. The SMILES string of the molecule is COc1n[nH]c(NC(=O)c2ccc(Cl)c(S(C)(=O)=O)c2)n1. The fourth-order valence-corrected chi connectivity index (χ4v) is 2.80. The number of H-pyrrole nitrogens is 1. The smallest absolute Gasteiger partial charge is 0.336 e. The van der Waals surface area contributed by atoms with Gasteiger partial charge in [-0.3, -0.25) is 10.1 Å². The number of ether oxygens (including phenoxy) is 1. The first-order chi connectivity index (χ1) is 9.81. The highest BCUT2D eigenvalue weighted by atomic mass is 35.5. The van der Waals surface area contributed by atoms with E-state index < -0.39 is 15.7 Å². The van der Waals surface area contributed by atoms with Gasteiger partial charge >= 0.3 is 6.01 Å². The van der Waals surface area contributed by atoms with Crippen LogP contribution in [0.1, 0.15) is 10.4 Å². The number of nitrogens with one attached hydrogen (secondary N) is 2. The van der Waals surface area contributed by atoms with Gasteiger partial charge in [-0.25, -0.2) is 13.5 Å². The molecule has 0 aliphatic carbocycles. The minimum atomic E-state index is -3.53. The summed E-state index contributed by atoms with van der Waals surface area (Å²) in [5.74, 6) is -0.483. The summed E-state index contributed by atoms with van der Waals surface area (Å²) < 4.78 is 27.9. The van der Waals surface area contributed by atoms with E-state index in [2.05, 4.69) is 20.5 Å². The number of aromatic nitrogens is 3. The Morgan fingerprint density at radius 1 is 1.43 bits per heavy atom. The summed E-state index contributed by atoms with van der Waals surface area (Å²) in [4.78, 5) is 15.7. The number of carbonyl (C=O) groups excluding carboxylic acids is 1. The lowest BCUT2D eigenvalue weighted by atomic mass is 10.2. The summed E-state index contributed by atoms with van der Waals surface area (Å²) in [5.41, 5.74) is 0.121. The van der Waals surface area contributed by atoms with E-state index >= 15 is 0 Å². The van der Waals surface area contributed by atoms with Crippen molar-refractivity contribution in [3.05, 3.63) is 28.8 Å². The van der Waals surface area contributed by atoms with Gasteiger partial charge in [-0.1, -0.05) is 11.6 Å². The van der Waals surface area contributed by atoms with Crippen LogP contribution in [0.15, 0.2) is 23.1 Å². The third-order valence-corrected chi connectivity index (χ3v) is 4.05. The highest BCUT2D eigenvalue weighted by Gasteiger charge is 2.16. The largest absolute Gasteiger partial charge is 0.466 e. The van der Waals surface area contributed by atoms with Crippen LogP contribution in [0.2, 0.25) is 5.02 Å².